The molecule has 88 valence electrons. The number of hydrogen-bond acceptors (Lipinski definition) is 4. The van der Waals surface area contributed by atoms with Crippen LogP contribution in [0.2, 0.25) is 10.3 Å². The number of nitrogens with zero attached hydrogens (tertiary/aromatic N) is 2. The van der Waals surface area contributed by atoms with Gasteiger partial charge in [-0.1, -0.05) is 23.2 Å². The van der Waals surface area contributed by atoms with Gasteiger partial charge in [0, 0.05) is 6.20 Å². The Balaban J connectivity index is 2.08. The fraction of sp³-hybridized carbons (Fsp3) is 0.0909. The third-order valence-corrected chi connectivity index (χ3v) is 2.76. The van der Waals surface area contributed by atoms with Gasteiger partial charge in [-0.3, -0.25) is 0 Å². The molecule has 0 saturated carbocycles. The number of nitrogens with one attached hydrogen (secondary N) is 1. The van der Waals surface area contributed by atoms with Crippen LogP contribution in [-0.4, -0.2) is 9.97 Å². The number of nitrogen functional groups attached to an aromatic ring is 1. The number of halogens is 2. The molecule has 0 radical (unpaired) electrons. The summed E-state index contributed by atoms with van der Waals surface area (Å²) < 4.78 is 0. The van der Waals surface area contributed by atoms with Gasteiger partial charge in [0.05, 0.1) is 23.6 Å². The second-order valence-corrected chi connectivity index (χ2v) is 4.09. The molecule has 0 fully saturated rings. The molecule has 4 nitrogen and oxygen atoms in total. The molecule has 0 aliphatic rings. The van der Waals surface area contributed by atoms with E-state index in [0.29, 0.717) is 22.5 Å². The lowest BCUT2D eigenvalue weighted by atomic mass is 10.3. The zero-order valence-electron chi connectivity index (χ0n) is 8.82. The van der Waals surface area contributed by atoms with Crippen LogP contribution in [0.4, 0.5) is 11.4 Å². The van der Waals surface area contributed by atoms with Crippen LogP contribution in [-0.2, 0) is 6.54 Å². The summed E-state index contributed by atoms with van der Waals surface area (Å²) in [7, 11) is 0. The van der Waals surface area contributed by atoms with Crippen molar-refractivity contribution in [3.63, 3.8) is 0 Å². The molecule has 0 aliphatic heterocycles. The van der Waals surface area contributed by atoms with Crippen molar-refractivity contribution in [3.05, 3.63) is 46.5 Å². The predicted octanol–water partition coefficient (Wildman–Crippen LogP) is 2.98. The maximum Gasteiger partial charge on any atom is 0.152 e. The van der Waals surface area contributed by atoms with E-state index in [1.165, 1.54) is 0 Å². The van der Waals surface area contributed by atoms with E-state index in [2.05, 4.69) is 15.3 Å². The summed E-state index contributed by atoms with van der Waals surface area (Å²) in [5.74, 6) is 0. The van der Waals surface area contributed by atoms with Crippen LogP contribution in [0, 0.1) is 0 Å². The van der Waals surface area contributed by atoms with E-state index in [4.69, 9.17) is 28.9 Å². The molecule has 2 aromatic rings. The van der Waals surface area contributed by atoms with Gasteiger partial charge in [0.15, 0.2) is 10.3 Å². The zero-order chi connectivity index (χ0) is 12.3. The van der Waals surface area contributed by atoms with Gasteiger partial charge in [0.2, 0.25) is 0 Å². The van der Waals surface area contributed by atoms with Gasteiger partial charge in [-0.25, -0.2) is 9.97 Å². The number of pyridine rings is 2. The Morgan fingerprint density at radius 3 is 2.71 bits per heavy atom. The summed E-state index contributed by atoms with van der Waals surface area (Å²) >= 11 is 11.7. The minimum Gasteiger partial charge on any atom is -0.396 e. The molecule has 0 aliphatic carbocycles. The van der Waals surface area contributed by atoms with Crippen molar-refractivity contribution in [2.24, 2.45) is 0 Å². The summed E-state index contributed by atoms with van der Waals surface area (Å²) in [6, 6.07) is 7.17. The van der Waals surface area contributed by atoms with E-state index < -0.39 is 0 Å². The van der Waals surface area contributed by atoms with Crippen LogP contribution >= 0.6 is 23.2 Å². The first-order valence-corrected chi connectivity index (χ1v) is 5.67. The van der Waals surface area contributed by atoms with E-state index in [1.807, 2.05) is 6.07 Å². The molecule has 0 saturated heterocycles. The van der Waals surface area contributed by atoms with Crippen molar-refractivity contribution in [2.45, 2.75) is 6.54 Å². The number of nitrogens with two attached hydrogens (primary N) is 1. The second kappa shape index (κ2) is 5.21. The summed E-state index contributed by atoms with van der Waals surface area (Å²) in [6.07, 6.45) is 1.63. The second-order valence-electron chi connectivity index (χ2n) is 3.38. The van der Waals surface area contributed by atoms with Crippen molar-refractivity contribution in [1.82, 2.24) is 9.97 Å². The Morgan fingerprint density at radius 2 is 2.00 bits per heavy atom. The van der Waals surface area contributed by atoms with Gasteiger partial charge in [-0.05, 0) is 24.3 Å². The highest BCUT2D eigenvalue weighted by atomic mass is 35.5. The Morgan fingerprint density at radius 1 is 1.18 bits per heavy atom. The van der Waals surface area contributed by atoms with Gasteiger partial charge < -0.3 is 11.1 Å². The molecule has 2 rings (SSSR count). The van der Waals surface area contributed by atoms with Crippen molar-refractivity contribution in [2.75, 3.05) is 11.1 Å². The minimum absolute atomic E-state index is 0.307. The first-order chi connectivity index (χ1) is 8.16. The average molecular weight is 269 g/mol. The molecule has 0 spiro atoms. The number of rotatable bonds is 3. The first kappa shape index (κ1) is 12.0. The van der Waals surface area contributed by atoms with Crippen LogP contribution in [0.15, 0.2) is 30.5 Å². The fourth-order valence-corrected chi connectivity index (χ4v) is 1.64. The Bertz CT molecular complexity index is 531. The van der Waals surface area contributed by atoms with Gasteiger partial charge in [0.25, 0.3) is 0 Å². The lowest BCUT2D eigenvalue weighted by Gasteiger charge is -2.07. The van der Waals surface area contributed by atoms with E-state index in [1.54, 1.807) is 24.4 Å². The van der Waals surface area contributed by atoms with Crippen molar-refractivity contribution >= 4 is 34.6 Å². The van der Waals surface area contributed by atoms with Crippen LogP contribution in [0.25, 0.3) is 0 Å². The SMILES string of the molecule is Nc1ccc(CNc2cccnc2Cl)nc1Cl. The molecule has 6 heteroatoms. The quantitative estimate of drug-likeness (QED) is 0.841. The Labute approximate surface area is 109 Å². The molecule has 2 heterocycles. The molecule has 0 unspecified atom stereocenters. The smallest absolute Gasteiger partial charge is 0.152 e. The molecule has 0 bridgehead atoms. The monoisotopic (exact) mass is 268 g/mol. The maximum atomic E-state index is 5.91. The first-order valence-electron chi connectivity index (χ1n) is 4.92. The molecule has 0 aromatic carbocycles. The fourth-order valence-electron chi connectivity index (χ4n) is 1.28. The molecular formula is C11H10Cl2N4. The molecule has 3 N–H and O–H groups in total. The van der Waals surface area contributed by atoms with E-state index in [-0.39, 0.29) is 0 Å². The Hall–Kier alpha value is -1.52. The van der Waals surface area contributed by atoms with Crippen LogP contribution in [0.3, 0.4) is 0 Å². The van der Waals surface area contributed by atoms with Crippen LogP contribution in [0.1, 0.15) is 5.69 Å². The number of hydrogen-bond donors (Lipinski definition) is 2. The number of aromatic nitrogens is 2. The van der Waals surface area contributed by atoms with Gasteiger partial charge >= 0.3 is 0 Å². The minimum atomic E-state index is 0.307. The summed E-state index contributed by atoms with van der Waals surface area (Å²) in [5.41, 5.74) is 7.58. The van der Waals surface area contributed by atoms with E-state index in [0.717, 1.165) is 11.4 Å². The summed E-state index contributed by atoms with van der Waals surface area (Å²) in [5, 5.41) is 3.85. The highest BCUT2D eigenvalue weighted by Crippen LogP contribution is 2.19. The van der Waals surface area contributed by atoms with Crippen molar-refractivity contribution < 1.29 is 0 Å². The molecule has 0 atom stereocenters. The highest BCUT2D eigenvalue weighted by molar-refractivity contribution is 6.32. The van der Waals surface area contributed by atoms with Crippen molar-refractivity contribution in [1.29, 1.82) is 0 Å². The van der Waals surface area contributed by atoms with E-state index >= 15 is 0 Å². The highest BCUT2D eigenvalue weighted by Gasteiger charge is 2.02. The molecule has 0 amide bonds. The third-order valence-electron chi connectivity index (χ3n) is 2.15. The Kier molecular flexibility index (Phi) is 3.66. The third kappa shape index (κ3) is 2.99. The lowest BCUT2D eigenvalue weighted by molar-refractivity contribution is 1.04. The molecule has 2 aromatic heterocycles. The normalized spacial score (nSPS) is 10.2. The predicted molar refractivity (Wildman–Crippen MR) is 70.2 cm³/mol. The maximum absolute atomic E-state index is 5.91. The largest absolute Gasteiger partial charge is 0.396 e. The van der Waals surface area contributed by atoms with Crippen molar-refractivity contribution in [3.8, 4) is 0 Å². The van der Waals surface area contributed by atoms with Gasteiger partial charge in [0.1, 0.15) is 0 Å². The number of anilines is 2. The van der Waals surface area contributed by atoms with Crippen LogP contribution < -0.4 is 11.1 Å². The standard InChI is InChI=1S/C11H10Cl2N4/c12-10-8(14)4-3-7(17-10)6-16-9-2-1-5-15-11(9)13/h1-5,16H,6,14H2. The van der Waals surface area contributed by atoms with Crippen LogP contribution in [0.5, 0.6) is 0 Å². The topological polar surface area (TPSA) is 63.8 Å². The average Bonchev–Trinajstić information content (AvgIpc) is 2.32. The molecular weight excluding hydrogens is 259 g/mol. The van der Waals surface area contributed by atoms with E-state index in [9.17, 15) is 0 Å². The van der Waals surface area contributed by atoms with Gasteiger partial charge in [-0.2, -0.15) is 0 Å². The molecule has 17 heavy (non-hydrogen) atoms. The zero-order valence-corrected chi connectivity index (χ0v) is 10.3. The lowest BCUT2D eigenvalue weighted by Crippen LogP contribution is -2.03. The summed E-state index contributed by atoms with van der Waals surface area (Å²) in [4.78, 5) is 8.09. The summed E-state index contributed by atoms with van der Waals surface area (Å²) in [6.45, 7) is 0.505. The van der Waals surface area contributed by atoms with Gasteiger partial charge in [-0.15, -0.1) is 0 Å².